The second-order valence-electron chi connectivity index (χ2n) is 7.76. The molecule has 152 valence electrons. The van der Waals surface area contributed by atoms with Gasteiger partial charge in [-0.2, -0.15) is 5.10 Å². The van der Waals surface area contributed by atoms with Crippen molar-refractivity contribution < 1.29 is 0 Å². The summed E-state index contributed by atoms with van der Waals surface area (Å²) in [5, 5.41) is 7.70. The number of hydrogen-bond acceptors (Lipinski definition) is 4. The van der Waals surface area contributed by atoms with Crippen molar-refractivity contribution in [1.82, 2.24) is 9.91 Å². The van der Waals surface area contributed by atoms with E-state index in [1.807, 2.05) is 42.2 Å². The Bertz CT molecular complexity index is 1050. The molecule has 2 aliphatic heterocycles. The lowest BCUT2D eigenvalue weighted by molar-refractivity contribution is 0.0971. The Hall–Kier alpha value is -2.27. The fourth-order valence-corrected chi connectivity index (χ4v) is 5.53. The van der Waals surface area contributed by atoms with E-state index in [1.54, 1.807) is 0 Å². The molecule has 2 aliphatic rings. The third-order valence-corrected chi connectivity index (χ3v) is 7.28. The molecule has 5 heteroatoms. The van der Waals surface area contributed by atoms with Crippen LogP contribution < -0.4 is 0 Å². The molecule has 3 aromatic rings. The first kappa shape index (κ1) is 19.7. The van der Waals surface area contributed by atoms with Gasteiger partial charge in [-0.15, -0.1) is 0 Å². The van der Waals surface area contributed by atoms with Crippen molar-refractivity contribution in [2.45, 2.75) is 22.3 Å². The van der Waals surface area contributed by atoms with Gasteiger partial charge in [0.2, 0.25) is 0 Å². The minimum atomic E-state index is 0.343. The van der Waals surface area contributed by atoms with E-state index in [-0.39, 0.29) is 0 Å². The van der Waals surface area contributed by atoms with E-state index in [1.165, 1.54) is 20.9 Å². The summed E-state index contributed by atoms with van der Waals surface area (Å²) in [6.07, 6.45) is 2.98. The van der Waals surface area contributed by atoms with Crippen LogP contribution in [-0.2, 0) is 6.42 Å². The Labute approximate surface area is 187 Å². The predicted molar refractivity (Wildman–Crippen MR) is 126 cm³/mol. The zero-order valence-electron chi connectivity index (χ0n) is 16.7. The van der Waals surface area contributed by atoms with Crippen molar-refractivity contribution in [3.8, 4) is 0 Å². The third kappa shape index (κ3) is 4.27. The quantitative estimate of drug-likeness (QED) is 0.491. The van der Waals surface area contributed by atoms with Crippen LogP contribution in [-0.4, -0.2) is 42.3 Å². The highest BCUT2D eigenvalue weighted by Crippen LogP contribution is 2.43. The fraction of sp³-hybridized carbons (Fsp3) is 0.240. The van der Waals surface area contributed by atoms with E-state index < -0.39 is 0 Å². The molecule has 0 aliphatic carbocycles. The largest absolute Gasteiger partial charge is 0.294 e. The monoisotopic (exact) mass is 433 g/mol. The number of nitrogens with zero attached hydrogens (tertiary/aromatic N) is 3. The van der Waals surface area contributed by atoms with Crippen LogP contribution in [0.5, 0.6) is 0 Å². The van der Waals surface area contributed by atoms with Gasteiger partial charge in [0.1, 0.15) is 0 Å². The molecule has 0 saturated carbocycles. The van der Waals surface area contributed by atoms with Gasteiger partial charge in [-0.25, -0.2) is 0 Å². The molecule has 0 aromatic heterocycles. The van der Waals surface area contributed by atoms with Crippen molar-refractivity contribution in [2.24, 2.45) is 5.10 Å². The van der Waals surface area contributed by atoms with E-state index in [0.29, 0.717) is 6.04 Å². The second kappa shape index (κ2) is 8.84. The first-order valence-electron chi connectivity index (χ1n) is 10.4. The number of rotatable bonds is 3. The third-order valence-electron chi connectivity index (χ3n) is 5.84. The van der Waals surface area contributed by atoms with Crippen LogP contribution in [0.25, 0.3) is 0 Å². The molecule has 0 unspecified atom stereocenters. The van der Waals surface area contributed by atoms with Gasteiger partial charge < -0.3 is 0 Å². The summed E-state index contributed by atoms with van der Waals surface area (Å²) in [7, 11) is 0. The lowest BCUT2D eigenvalue weighted by atomic mass is 9.97. The van der Waals surface area contributed by atoms with Crippen molar-refractivity contribution in [1.29, 1.82) is 0 Å². The maximum absolute atomic E-state index is 6.41. The maximum Gasteiger partial charge on any atom is 0.0542 e. The summed E-state index contributed by atoms with van der Waals surface area (Å²) in [5.74, 6) is 0. The molecular weight excluding hydrogens is 410 g/mol. The first-order chi connectivity index (χ1) is 14.8. The molecule has 1 atom stereocenters. The zero-order valence-corrected chi connectivity index (χ0v) is 18.3. The van der Waals surface area contributed by atoms with Crippen molar-refractivity contribution in [2.75, 3.05) is 26.2 Å². The molecule has 0 radical (unpaired) electrons. The number of benzene rings is 3. The summed E-state index contributed by atoms with van der Waals surface area (Å²) in [6, 6.07) is 25.8. The Kier molecular flexibility index (Phi) is 5.80. The van der Waals surface area contributed by atoms with Crippen LogP contribution in [0.15, 0.2) is 87.7 Å². The molecular formula is C25H24ClN3S. The maximum atomic E-state index is 6.41. The van der Waals surface area contributed by atoms with Crippen molar-refractivity contribution in [3.05, 3.63) is 94.5 Å². The summed E-state index contributed by atoms with van der Waals surface area (Å²) in [6.45, 7) is 3.86. The van der Waals surface area contributed by atoms with E-state index in [4.69, 9.17) is 16.7 Å². The van der Waals surface area contributed by atoms with Crippen LogP contribution in [0, 0.1) is 0 Å². The molecule has 0 bridgehead atoms. The van der Waals surface area contributed by atoms with Crippen LogP contribution in [0.2, 0.25) is 5.02 Å². The highest BCUT2D eigenvalue weighted by molar-refractivity contribution is 7.99. The first-order valence-corrected chi connectivity index (χ1v) is 11.6. The predicted octanol–water partition coefficient (Wildman–Crippen LogP) is 5.74. The number of halogens is 1. The van der Waals surface area contributed by atoms with E-state index in [0.717, 1.165) is 43.2 Å². The smallest absolute Gasteiger partial charge is 0.0542 e. The molecule has 0 amide bonds. The highest BCUT2D eigenvalue weighted by atomic mass is 35.5. The van der Waals surface area contributed by atoms with E-state index in [2.05, 4.69) is 58.4 Å². The Morgan fingerprint density at radius 1 is 0.867 bits per heavy atom. The fourth-order valence-electron chi connectivity index (χ4n) is 4.23. The van der Waals surface area contributed by atoms with Gasteiger partial charge in [-0.3, -0.25) is 9.91 Å². The Balaban J connectivity index is 1.35. The lowest BCUT2D eigenvalue weighted by Gasteiger charge is -2.38. The molecule has 3 aromatic carbocycles. The average molecular weight is 434 g/mol. The highest BCUT2D eigenvalue weighted by Gasteiger charge is 2.29. The standard InChI is InChI=1S/C25H24ClN3S/c26-21-10-11-25-22(17-21)23(16-20-8-4-5-9-24(20)30-25)28-12-14-29(15-13-28)27-18-19-6-2-1-3-7-19/h1-11,17-18,23H,12-16H2/b27-18-/t23-/m1/s1. The average Bonchev–Trinajstić information content (AvgIpc) is 2.95. The van der Waals surface area contributed by atoms with Crippen LogP contribution in [0.3, 0.4) is 0 Å². The van der Waals surface area contributed by atoms with Crippen molar-refractivity contribution >= 4 is 29.6 Å². The van der Waals surface area contributed by atoms with Gasteiger partial charge >= 0.3 is 0 Å². The number of hydrazone groups is 1. The van der Waals surface area contributed by atoms with Gasteiger partial charge in [-0.1, -0.05) is 71.9 Å². The number of fused-ring (bicyclic) bond motifs is 2. The number of hydrogen-bond donors (Lipinski definition) is 0. The minimum absolute atomic E-state index is 0.343. The van der Waals surface area contributed by atoms with Gasteiger partial charge in [0.25, 0.3) is 0 Å². The molecule has 0 spiro atoms. The van der Waals surface area contributed by atoms with E-state index in [9.17, 15) is 0 Å². The normalized spacial score (nSPS) is 19.4. The Morgan fingerprint density at radius 3 is 2.47 bits per heavy atom. The molecule has 1 saturated heterocycles. The molecule has 2 heterocycles. The van der Waals surface area contributed by atoms with Crippen molar-refractivity contribution in [3.63, 3.8) is 0 Å². The molecule has 30 heavy (non-hydrogen) atoms. The van der Waals surface area contributed by atoms with Crippen LogP contribution in [0.4, 0.5) is 0 Å². The van der Waals surface area contributed by atoms with Gasteiger partial charge in [0.05, 0.1) is 6.21 Å². The summed E-state index contributed by atoms with van der Waals surface area (Å²) < 4.78 is 0. The second-order valence-corrected chi connectivity index (χ2v) is 9.28. The molecule has 5 rings (SSSR count). The number of piperazine rings is 1. The van der Waals surface area contributed by atoms with Crippen LogP contribution >= 0.6 is 23.4 Å². The van der Waals surface area contributed by atoms with E-state index >= 15 is 0 Å². The molecule has 0 N–H and O–H groups in total. The topological polar surface area (TPSA) is 18.8 Å². The molecule has 1 fully saturated rings. The summed E-state index contributed by atoms with van der Waals surface area (Å²) in [5.41, 5.74) is 3.91. The summed E-state index contributed by atoms with van der Waals surface area (Å²) in [4.78, 5) is 5.28. The van der Waals surface area contributed by atoms with Gasteiger partial charge in [-0.05, 0) is 47.4 Å². The molecule has 3 nitrogen and oxygen atoms in total. The van der Waals surface area contributed by atoms with Gasteiger partial charge in [0, 0.05) is 47.0 Å². The summed E-state index contributed by atoms with van der Waals surface area (Å²) >= 11 is 8.28. The lowest BCUT2D eigenvalue weighted by Crippen LogP contribution is -2.46. The van der Waals surface area contributed by atoms with Crippen LogP contribution in [0.1, 0.15) is 22.7 Å². The zero-order chi connectivity index (χ0) is 20.3. The van der Waals surface area contributed by atoms with Gasteiger partial charge in [0.15, 0.2) is 0 Å². The SMILES string of the molecule is Clc1ccc2c(c1)[C@H](N1CCN(/N=C\c3ccccc3)CC1)Cc1ccccc1S2. The Morgan fingerprint density at radius 2 is 1.63 bits per heavy atom. The minimum Gasteiger partial charge on any atom is -0.294 e.